The zero-order chi connectivity index (χ0) is 13.6. The summed E-state index contributed by atoms with van der Waals surface area (Å²) in [4.78, 5) is 22.3. The maximum atomic E-state index is 11.7. The van der Waals surface area contributed by atoms with Gasteiger partial charge in [-0.2, -0.15) is 0 Å². The van der Waals surface area contributed by atoms with Gasteiger partial charge in [0.1, 0.15) is 0 Å². The SMILES string of the molecule is CC(O)(CNC(=O)CC1CCCCCC1)C(=O)O. The standard InChI is InChI=1S/C13H23NO4/c1-13(18,12(16)17)9-14-11(15)8-10-6-4-2-3-5-7-10/h10,18H,2-9H2,1H3,(H,14,15)(H,16,17). The highest BCUT2D eigenvalue weighted by Crippen LogP contribution is 2.25. The van der Waals surface area contributed by atoms with E-state index in [1.807, 2.05) is 0 Å². The van der Waals surface area contributed by atoms with Gasteiger partial charge in [0.05, 0.1) is 6.54 Å². The first-order valence-electron chi connectivity index (χ1n) is 6.64. The van der Waals surface area contributed by atoms with Crippen molar-refractivity contribution in [2.24, 2.45) is 5.92 Å². The van der Waals surface area contributed by atoms with Crippen LogP contribution in [0.2, 0.25) is 0 Å². The first-order chi connectivity index (χ1) is 8.42. The largest absolute Gasteiger partial charge is 0.479 e. The molecule has 1 unspecified atom stereocenters. The number of rotatable bonds is 5. The van der Waals surface area contributed by atoms with Gasteiger partial charge >= 0.3 is 5.97 Å². The molecule has 0 bridgehead atoms. The summed E-state index contributed by atoms with van der Waals surface area (Å²) in [5.41, 5.74) is -1.89. The predicted molar refractivity (Wildman–Crippen MR) is 67.1 cm³/mol. The first-order valence-corrected chi connectivity index (χ1v) is 6.64. The van der Waals surface area contributed by atoms with Crippen LogP contribution in [0.5, 0.6) is 0 Å². The summed E-state index contributed by atoms with van der Waals surface area (Å²) in [5.74, 6) is -1.08. The minimum Gasteiger partial charge on any atom is -0.479 e. The molecular weight excluding hydrogens is 234 g/mol. The van der Waals surface area contributed by atoms with Crippen molar-refractivity contribution < 1.29 is 19.8 Å². The van der Waals surface area contributed by atoms with Crippen LogP contribution in [0.25, 0.3) is 0 Å². The maximum Gasteiger partial charge on any atom is 0.337 e. The summed E-state index contributed by atoms with van der Waals surface area (Å²) >= 11 is 0. The summed E-state index contributed by atoms with van der Waals surface area (Å²) < 4.78 is 0. The summed E-state index contributed by atoms with van der Waals surface area (Å²) in [7, 11) is 0. The van der Waals surface area contributed by atoms with E-state index < -0.39 is 11.6 Å². The Bertz CT molecular complexity index is 293. The summed E-state index contributed by atoms with van der Waals surface area (Å²) in [6.45, 7) is 0.940. The van der Waals surface area contributed by atoms with Gasteiger partial charge < -0.3 is 15.5 Å². The van der Waals surface area contributed by atoms with Crippen LogP contribution in [0.4, 0.5) is 0 Å². The van der Waals surface area contributed by atoms with Crippen molar-refractivity contribution in [2.45, 2.75) is 57.5 Å². The third-order valence-corrected chi connectivity index (χ3v) is 3.54. The van der Waals surface area contributed by atoms with Crippen LogP contribution in [0, 0.1) is 5.92 Å². The van der Waals surface area contributed by atoms with Gasteiger partial charge in [0.2, 0.25) is 5.91 Å². The molecule has 1 rings (SSSR count). The predicted octanol–water partition coefficient (Wildman–Crippen LogP) is 1.30. The van der Waals surface area contributed by atoms with E-state index in [1.54, 1.807) is 0 Å². The molecule has 0 spiro atoms. The van der Waals surface area contributed by atoms with Crippen LogP contribution in [-0.4, -0.2) is 34.2 Å². The van der Waals surface area contributed by atoms with Crippen LogP contribution >= 0.6 is 0 Å². The van der Waals surface area contributed by atoms with Gasteiger partial charge in [-0.3, -0.25) is 4.79 Å². The normalized spacial score (nSPS) is 20.8. The molecule has 0 aliphatic heterocycles. The Labute approximate surface area is 108 Å². The number of amides is 1. The van der Waals surface area contributed by atoms with Gasteiger partial charge in [-0.1, -0.05) is 25.7 Å². The Morgan fingerprint density at radius 3 is 2.28 bits per heavy atom. The Morgan fingerprint density at radius 2 is 1.78 bits per heavy atom. The topological polar surface area (TPSA) is 86.6 Å². The molecule has 3 N–H and O–H groups in total. The third-order valence-electron chi connectivity index (χ3n) is 3.54. The van der Waals surface area contributed by atoms with E-state index >= 15 is 0 Å². The second kappa shape index (κ2) is 6.73. The molecule has 0 aromatic rings. The van der Waals surface area contributed by atoms with Crippen molar-refractivity contribution in [3.05, 3.63) is 0 Å². The lowest BCUT2D eigenvalue weighted by Crippen LogP contribution is -2.46. The second-order valence-electron chi connectivity index (χ2n) is 5.42. The highest BCUT2D eigenvalue weighted by Gasteiger charge is 2.30. The number of carbonyl (C=O) groups excluding carboxylic acids is 1. The van der Waals surface area contributed by atoms with Gasteiger partial charge in [0.25, 0.3) is 0 Å². The van der Waals surface area contributed by atoms with E-state index in [1.165, 1.54) is 32.6 Å². The van der Waals surface area contributed by atoms with E-state index in [2.05, 4.69) is 5.32 Å². The number of hydrogen-bond acceptors (Lipinski definition) is 3. The van der Waals surface area contributed by atoms with Crippen molar-refractivity contribution in [3.63, 3.8) is 0 Å². The average molecular weight is 257 g/mol. The van der Waals surface area contributed by atoms with Crippen molar-refractivity contribution >= 4 is 11.9 Å². The van der Waals surface area contributed by atoms with E-state index in [4.69, 9.17) is 5.11 Å². The van der Waals surface area contributed by atoms with Crippen LogP contribution < -0.4 is 5.32 Å². The van der Waals surface area contributed by atoms with Crippen LogP contribution in [-0.2, 0) is 9.59 Å². The van der Waals surface area contributed by atoms with Crippen molar-refractivity contribution in [1.82, 2.24) is 5.32 Å². The molecular formula is C13H23NO4. The Morgan fingerprint density at radius 1 is 1.22 bits per heavy atom. The van der Waals surface area contributed by atoms with Crippen LogP contribution in [0.3, 0.4) is 0 Å². The van der Waals surface area contributed by atoms with Crippen molar-refractivity contribution in [3.8, 4) is 0 Å². The molecule has 18 heavy (non-hydrogen) atoms. The molecule has 1 aliphatic carbocycles. The molecule has 1 aliphatic rings. The van der Waals surface area contributed by atoms with E-state index in [0.717, 1.165) is 12.8 Å². The number of carbonyl (C=O) groups is 2. The molecule has 0 aromatic heterocycles. The maximum absolute atomic E-state index is 11.7. The summed E-state index contributed by atoms with van der Waals surface area (Å²) in [6.07, 6.45) is 7.41. The van der Waals surface area contributed by atoms with Gasteiger partial charge in [-0.05, 0) is 25.7 Å². The lowest BCUT2D eigenvalue weighted by molar-refractivity contribution is -0.156. The minimum atomic E-state index is -1.89. The lowest BCUT2D eigenvalue weighted by atomic mass is 9.96. The van der Waals surface area contributed by atoms with Gasteiger partial charge in [-0.25, -0.2) is 4.79 Å². The van der Waals surface area contributed by atoms with Gasteiger partial charge in [-0.15, -0.1) is 0 Å². The molecule has 0 saturated heterocycles. The molecule has 5 heteroatoms. The number of carboxylic acids is 1. The lowest BCUT2D eigenvalue weighted by Gasteiger charge is -2.19. The summed E-state index contributed by atoms with van der Waals surface area (Å²) in [5, 5.41) is 20.7. The molecule has 104 valence electrons. The quantitative estimate of drug-likeness (QED) is 0.648. The van der Waals surface area contributed by atoms with E-state index in [0.29, 0.717) is 12.3 Å². The van der Waals surface area contributed by atoms with Gasteiger partial charge in [0, 0.05) is 6.42 Å². The molecule has 5 nitrogen and oxygen atoms in total. The van der Waals surface area contributed by atoms with E-state index in [-0.39, 0.29) is 12.5 Å². The molecule has 1 atom stereocenters. The van der Waals surface area contributed by atoms with E-state index in [9.17, 15) is 14.7 Å². The monoisotopic (exact) mass is 257 g/mol. The molecule has 1 saturated carbocycles. The zero-order valence-corrected chi connectivity index (χ0v) is 10.9. The molecule has 0 radical (unpaired) electrons. The van der Waals surface area contributed by atoms with Crippen molar-refractivity contribution in [1.29, 1.82) is 0 Å². The minimum absolute atomic E-state index is 0.163. The van der Waals surface area contributed by atoms with Crippen LogP contribution in [0.1, 0.15) is 51.9 Å². The number of nitrogens with one attached hydrogen (secondary N) is 1. The number of hydrogen-bond donors (Lipinski definition) is 3. The molecule has 1 amide bonds. The Kier molecular flexibility index (Phi) is 5.59. The summed E-state index contributed by atoms with van der Waals surface area (Å²) in [6, 6.07) is 0. The Hall–Kier alpha value is -1.10. The van der Waals surface area contributed by atoms with Gasteiger partial charge in [0.15, 0.2) is 5.60 Å². The smallest absolute Gasteiger partial charge is 0.337 e. The highest BCUT2D eigenvalue weighted by atomic mass is 16.4. The molecule has 0 heterocycles. The number of carboxylic acid groups (broad SMARTS) is 1. The fourth-order valence-electron chi connectivity index (χ4n) is 2.25. The highest BCUT2D eigenvalue weighted by molar-refractivity contribution is 5.80. The zero-order valence-electron chi connectivity index (χ0n) is 10.9. The Balaban J connectivity index is 2.30. The van der Waals surface area contributed by atoms with Crippen molar-refractivity contribution in [2.75, 3.05) is 6.54 Å². The fourth-order valence-corrected chi connectivity index (χ4v) is 2.25. The first kappa shape index (κ1) is 15.0. The molecule has 1 fully saturated rings. The van der Waals surface area contributed by atoms with Crippen LogP contribution in [0.15, 0.2) is 0 Å². The molecule has 0 aromatic carbocycles. The number of aliphatic hydroxyl groups is 1. The number of aliphatic carboxylic acids is 1. The second-order valence-corrected chi connectivity index (χ2v) is 5.42. The third kappa shape index (κ3) is 5.04. The fraction of sp³-hybridized carbons (Fsp3) is 0.846. The average Bonchev–Trinajstić information content (AvgIpc) is 2.55.